The number of ether oxygens (including phenoxy) is 1. The van der Waals surface area contributed by atoms with Gasteiger partial charge in [-0.25, -0.2) is 0 Å². The molecule has 1 aliphatic heterocycles. The van der Waals surface area contributed by atoms with Crippen LogP contribution in [0.15, 0.2) is 40.9 Å². The molecule has 4 rings (SSSR count). The molecule has 2 nitrogen and oxygen atoms in total. The van der Waals surface area contributed by atoms with E-state index in [1.165, 1.54) is 23.1 Å². The van der Waals surface area contributed by atoms with Crippen molar-refractivity contribution in [2.24, 2.45) is 0 Å². The fourth-order valence-electron chi connectivity index (χ4n) is 4.05. The summed E-state index contributed by atoms with van der Waals surface area (Å²) in [7, 11) is 1.76. The molecule has 1 N–H and O–H groups in total. The van der Waals surface area contributed by atoms with Gasteiger partial charge in [-0.05, 0) is 63.0 Å². The Balaban J connectivity index is 1.93. The van der Waals surface area contributed by atoms with Crippen LogP contribution in [0.3, 0.4) is 0 Å². The van der Waals surface area contributed by atoms with Crippen molar-refractivity contribution in [2.45, 2.75) is 24.7 Å². The minimum Gasteiger partial charge on any atom is -0.496 e. The van der Waals surface area contributed by atoms with E-state index in [0.29, 0.717) is 11.8 Å². The molecule has 114 valence electrons. The first kappa shape index (κ1) is 14.3. The highest BCUT2D eigenvalue weighted by Crippen LogP contribution is 2.47. The van der Waals surface area contributed by atoms with Crippen molar-refractivity contribution in [1.29, 1.82) is 0 Å². The van der Waals surface area contributed by atoms with Gasteiger partial charge in [0, 0.05) is 19.0 Å². The van der Waals surface area contributed by atoms with Gasteiger partial charge in [-0.2, -0.15) is 0 Å². The Bertz CT molecular complexity index is 698. The monoisotopic (exact) mass is 357 g/mol. The second-order valence-electron chi connectivity index (χ2n) is 6.23. The van der Waals surface area contributed by atoms with E-state index in [0.717, 1.165) is 29.7 Å². The fourth-order valence-corrected chi connectivity index (χ4v) is 4.74. The molecule has 0 fully saturated rings. The summed E-state index contributed by atoms with van der Waals surface area (Å²) >= 11 is 3.76. The van der Waals surface area contributed by atoms with Crippen molar-refractivity contribution in [3.05, 3.63) is 63.1 Å². The molecule has 1 aliphatic carbocycles. The maximum atomic E-state index is 5.63. The summed E-state index contributed by atoms with van der Waals surface area (Å²) < 4.78 is 6.79. The number of hydrogen-bond donors (Lipinski definition) is 1. The third kappa shape index (κ3) is 2.19. The summed E-state index contributed by atoms with van der Waals surface area (Å²) in [4.78, 5) is 0. The Morgan fingerprint density at radius 3 is 2.77 bits per heavy atom. The zero-order chi connectivity index (χ0) is 15.1. The molecule has 2 atom stereocenters. The number of halogens is 1. The smallest absolute Gasteiger partial charge is 0.133 e. The molecule has 0 bridgehead atoms. The van der Waals surface area contributed by atoms with Gasteiger partial charge >= 0.3 is 0 Å². The molecule has 2 aromatic rings. The van der Waals surface area contributed by atoms with Crippen LogP contribution in [0.5, 0.6) is 5.75 Å². The van der Waals surface area contributed by atoms with E-state index in [4.69, 9.17) is 4.74 Å². The zero-order valence-corrected chi connectivity index (χ0v) is 14.3. The molecule has 0 aromatic heterocycles. The molecule has 2 unspecified atom stereocenters. The largest absolute Gasteiger partial charge is 0.496 e. The van der Waals surface area contributed by atoms with Crippen molar-refractivity contribution in [3.63, 3.8) is 0 Å². The van der Waals surface area contributed by atoms with E-state index in [-0.39, 0.29) is 0 Å². The van der Waals surface area contributed by atoms with Gasteiger partial charge in [0.15, 0.2) is 0 Å². The van der Waals surface area contributed by atoms with Crippen molar-refractivity contribution in [2.75, 3.05) is 20.2 Å². The first-order chi connectivity index (χ1) is 10.8. The van der Waals surface area contributed by atoms with Crippen LogP contribution < -0.4 is 10.1 Å². The van der Waals surface area contributed by atoms with Gasteiger partial charge in [-0.15, -0.1) is 0 Å². The van der Waals surface area contributed by atoms with E-state index in [2.05, 4.69) is 57.6 Å². The maximum Gasteiger partial charge on any atom is 0.133 e. The fraction of sp³-hybridized carbons (Fsp3) is 0.368. The van der Waals surface area contributed by atoms with Gasteiger partial charge in [-0.3, -0.25) is 0 Å². The normalized spacial score (nSPS) is 23.0. The first-order valence-electron chi connectivity index (χ1n) is 7.94. The predicted octanol–water partition coefficient (Wildman–Crippen LogP) is 4.22. The molecule has 0 spiro atoms. The van der Waals surface area contributed by atoms with Crippen molar-refractivity contribution < 1.29 is 4.74 Å². The number of benzene rings is 2. The Morgan fingerprint density at radius 2 is 2.00 bits per heavy atom. The summed E-state index contributed by atoms with van der Waals surface area (Å²) in [5.74, 6) is 2.01. The van der Waals surface area contributed by atoms with E-state index in [1.54, 1.807) is 12.7 Å². The quantitative estimate of drug-likeness (QED) is 0.868. The Kier molecular flexibility index (Phi) is 3.71. The average molecular weight is 358 g/mol. The van der Waals surface area contributed by atoms with Gasteiger partial charge in [-0.1, -0.05) is 30.3 Å². The molecule has 3 heteroatoms. The van der Waals surface area contributed by atoms with Crippen molar-refractivity contribution in [1.82, 2.24) is 5.32 Å². The van der Waals surface area contributed by atoms with Gasteiger partial charge in [0.1, 0.15) is 5.75 Å². The summed E-state index contributed by atoms with van der Waals surface area (Å²) in [5.41, 5.74) is 5.86. The molecule has 2 aromatic carbocycles. The number of nitrogens with one attached hydrogen (secondary N) is 1. The molecular formula is C19H20BrNO. The van der Waals surface area contributed by atoms with Crippen LogP contribution in [0.25, 0.3) is 0 Å². The second-order valence-corrected chi connectivity index (χ2v) is 7.02. The van der Waals surface area contributed by atoms with Crippen LogP contribution in [0.2, 0.25) is 0 Å². The zero-order valence-electron chi connectivity index (χ0n) is 12.7. The lowest BCUT2D eigenvalue weighted by molar-refractivity contribution is 0.410. The van der Waals surface area contributed by atoms with E-state index >= 15 is 0 Å². The lowest BCUT2D eigenvalue weighted by atomic mass is 9.85. The highest BCUT2D eigenvalue weighted by atomic mass is 79.9. The van der Waals surface area contributed by atoms with Crippen LogP contribution in [-0.4, -0.2) is 20.2 Å². The van der Waals surface area contributed by atoms with Gasteiger partial charge in [0.25, 0.3) is 0 Å². The minimum atomic E-state index is 0.403. The molecule has 0 saturated heterocycles. The summed E-state index contributed by atoms with van der Waals surface area (Å²) in [5, 5.41) is 3.68. The minimum absolute atomic E-state index is 0.403. The van der Waals surface area contributed by atoms with E-state index in [9.17, 15) is 0 Å². The molecule has 0 amide bonds. The summed E-state index contributed by atoms with van der Waals surface area (Å²) in [6, 6.07) is 13.1. The Morgan fingerprint density at radius 1 is 1.18 bits per heavy atom. The Hall–Kier alpha value is -1.32. The average Bonchev–Trinajstić information content (AvgIpc) is 2.90. The van der Waals surface area contributed by atoms with Crippen LogP contribution in [0.4, 0.5) is 0 Å². The third-order valence-electron chi connectivity index (χ3n) is 5.09. The molecule has 22 heavy (non-hydrogen) atoms. The standard InChI is InChI=1S/C19H20BrNO/c1-22-17-9-15-16(12-5-3-2-4-6-12)11-21-10-13-7-8-14(18(13)15)19(17)20/h2-6,9,13,16,21H,7-8,10-11H2,1H3. The number of hydrogen-bond acceptors (Lipinski definition) is 2. The SMILES string of the molecule is COc1cc2c3c(c1Br)CCC3CNCC2c1ccccc1. The summed E-state index contributed by atoms with van der Waals surface area (Å²) in [6.07, 6.45) is 2.39. The highest BCUT2D eigenvalue weighted by molar-refractivity contribution is 9.10. The maximum absolute atomic E-state index is 5.63. The first-order valence-corrected chi connectivity index (χ1v) is 8.73. The Labute approximate surface area is 140 Å². The van der Waals surface area contributed by atoms with E-state index < -0.39 is 0 Å². The summed E-state index contributed by atoms with van der Waals surface area (Å²) in [6.45, 7) is 2.08. The second kappa shape index (κ2) is 5.71. The van der Waals surface area contributed by atoms with E-state index in [1.807, 2.05) is 0 Å². The molecule has 2 aliphatic rings. The van der Waals surface area contributed by atoms with Gasteiger partial charge < -0.3 is 10.1 Å². The topological polar surface area (TPSA) is 21.3 Å². The predicted molar refractivity (Wildman–Crippen MR) is 92.9 cm³/mol. The molecular weight excluding hydrogens is 338 g/mol. The van der Waals surface area contributed by atoms with Crippen LogP contribution in [0, 0.1) is 0 Å². The lowest BCUT2D eigenvalue weighted by Crippen LogP contribution is -2.22. The molecule has 1 heterocycles. The number of rotatable bonds is 2. The van der Waals surface area contributed by atoms with Crippen molar-refractivity contribution >= 4 is 15.9 Å². The van der Waals surface area contributed by atoms with Gasteiger partial charge in [0.2, 0.25) is 0 Å². The van der Waals surface area contributed by atoms with Gasteiger partial charge in [0.05, 0.1) is 11.6 Å². The van der Waals surface area contributed by atoms with Crippen LogP contribution in [-0.2, 0) is 6.42 Å². The van der Waals surface area contributed by atoms with Crippen LogP contribution >= 0.6 is 15.9 Å². The van der Waals surface area contributed by atoms with Crippen molar-refractivity contribution in [3.8, 4) is 5.75 Å². The number of methoxy groups -OCH3 is 1. The highest BCUT2D eigenvalue weighted by Gasteiger charge is 2.34. The third-order valence-corrected chi connectivity index (χ3v) is 5.96. The van der Waals surface area contributed by atoms with Crippen LogP contribution in [0.1, 0.15) is 40.5 Å². The lowest BCUT2D eigenvalue weighted by Gasteiger charge is -2.21. The molecule has 0 saturated carbocycles. The molecule has 0 radical (unpaired) electrons.